The number of nitro groups is 2. The van der Waals surface area contributed by atoms with Gasteiger partial charge in [0.1, 0.15) is 9.85 Å². The molecule has 1 unspecified atom stereocenters. The van der Waals surface area contributed by atoms with Crippen molar-refractivity contribution in [3.05, 3.63) is 20.2 Å². The summed E-state index contributed by atoms with van der Waals surface area (Å²) in [4.78, 5) is 18.1. The van der Waals surface area contributed by atoms with Crippen LogP contribution < -0.4 is 0 Å². The third-order valence-electron chi connectivity index (χ3n) is 1.52. The second kappa shape index (κ2) is 3.63. The molecule has 0 heterocycles. The van der Waals surface area contributed by atoms with Crippen LogP contribution in [0.25, 0.3) is 0 Å². The monoisotopic (exact) mass is 198 g/mol. The van der Waals surface area contributed by atoms with Gasteiger partial charge in [0.15, 0.2) is 0 Å². The Morgan fingerprint density at radius 1 is 1.50 bits per heavy atom. The Morgan fingerprint density at radius 3 is 1.92 bits per heavy atom. The van der Waals surface area contributed by atoms with E-state index in [4.69, 9.17) is 16.7 Å². The van der Waals surface area contributed by atoms with E-state index in [9.17, 15) is 20.2 Å². The zero-order chi connectivity index (χ0) is 9.94. The van der Waals surface area contributed by atoms with E-state index >= 15 is 0 Å². The Morgan fingerprint density at radius 2 is 1.83 bits per heavy atom. The first kappa shape index (κ1) is 11.1. The van der Waals surface area contributed by atoms with Crippen LogP contribution in [-0.2, 0) is 0 Å². The fourth-order valence-electron chi connectivity index (χ4n) is 0.456. The lowest BCUT2D eigenvalue weighted by Gasteiger charge is -2.15. The first-order valence-corrected chi connectivity index (χ1v) is 3.43. The molecule has 0 amide bonds. The number of rotatable bonds is 4. The van der Waals surface area contributed by atoms with E-state index in [1.165, 1.54) is 0 Å². The molecule has 0 aliphatic rings. The third kappa shape index (κ3) is 1.62. The van der Waals surface area contributed by atoms with Crippen LogP contribution in [0.1, 0.15) is 6.92 Å². The standard InChI is InChI=1S/C4H7ClN2O5/c1-4(6(9)10,7(11)12)3(8)2-5/h3,8H,2H2,1H3. The summed E-state index contributed by atoms with van der Waals surface area (Å²) in [5.74, 6) is -0.557. The molecule has 1 atom stereocenters. The Balaban J connectivity index is 4.87. The second-order valence-corrected chi connectivity index (χ2v) is 2.59. The molecule has 0 saturated heterocycles. The molecule has 12 heavy (non-hydrogen) atoms. The topological polar surface area (TPSA) is 107 Å². The van der Waals surface area contributed by atoms with Gasteiger partial charge < -0.3 is 5.11 Å². The number of alkyl halides is 1. The lowest BCUT2D eigenvalue weighted by atomic mass is 10.1. The summed E-state index contributed by atoms with van der Waals surface area (Å²) < 4.78 is 0. The zero-order valence-electron chi connectivity index (χ0n) is 6.14. The fourth-order valence-corrected chi connectivity index (χ4v) is 0.748. The molecule has 0 aliphatic heterocycles. The SMILES string of the molecule is CC(C(O)CCl)([N+](=O)[O-])[N+](=O)[O-]. The van der Waals surface area contributed by atoms with Gasteiger partial charge in [-0.1, -0.05) is 0 Å². The average molecular weight is 199 g/mol. The summed E-state index contributed by atoms with van der Waals surface area (Å²) in [6.45, 7) is 0.708. The van der Waals surface area contributed by atoms with Crippen LogP contribution in [0.3, 0.4) is 0 Å². The van der Waals surface area contributed by atoms with Crippen LogP contribution in [0.4, 0.5) is 0 Å². The van der Waals surface area contributed by atoms with Crippen molar-refractivity contribution in [2.45, 2.75) is 18.7 Å². The van der Waals surface area contributed by atoms with E-state index in [-0.39, 0.29) is 0 Å². The Bertz CT molecular complexity index is 194. The summed E-state index contributed by atoms with van der Waals surface area (Å²) >= 11 is 5.07. The number of aliphatic hydroxyl groups is 1. The van der Waals surface area contributed by atoms with Crippen LogP contribution in [0.5, 0.6) is 0 Å². The predicted octanol–water partition coefficient (Wildman–Crippen LogP) is -0.144. The Labute approximate surface area is 72.2 Å². The van der Waals surface area contributed by atoms with Gasteiger partial charge in [0.05, 0.1) is 12.8 Å². The summed E-state index contributed by atoms with van der Waals surface area (Å²) in [6.07, 6.45) is -1.80. The lowest BCUT2D eigenvalue weighted by Crippen LogP contribution is -2.54. The van der Waals surface area contributed by atoms with Gasteiger partial charge in [0, 0.05) is 0 Å². The van der Waals surface area contributed by atoms with Crippen molar-refractivity contribution in [1.82, 2.24) is 0 Å². The van der Waals surface area contributed by atoms with Crippen LogP contribution >= 0.6 is 11.6 Å². The molecule has 8 heteroatoms. The first-order valence-electron chi connectivity index (χ1n) is 2.90. The van der Waals surface area contributed by atoms with E-state index < -0.39 is 27.5 Å². The molecule has 0 aliphatic carbocycles. The molecule has 7 nitrogen and oxygen atoms in total. The van der Waals surface area contributed by atoms with Crippen LogP contribution in [-0.4, -0.2) is 32.6 Å². The van der Waals surface area contributed by atoms with Crippen molar-refractivity contribution in [1.29, 1.82) is 0 Å². The maximum absolute atomic E-state index is 10.2. The maximum atomic E-state index is 10.2. The Hall–Kier alpha value is -0.950. The minimum Gasteiger partial charge on any atom is -0.378 e. The summed E-state index contributed by atoms with van der Waals surface area (Å²) in [6, 6.07) is 0. The normalized spacial score (nSPS) is 13.9. The summed E-state index contributed by atoms with van der Waals surface area (Å²) in [5, 5.41) is 29.3. The summed E-state index contributed by atoms with van der Waals surface area (Å²) in [7, 11) is 0. The van der Waals surface area contributed by atoms with Gasteiger partial charge in [-0.2, -0.15) is 0 Å². The molecule has 70 valence electrons. The number of halogens is 1. The molecule has 0 rings (SSSR count). The quantitative estimate of drug-likeness (QED) is 0.293. The van der Waals surface area contributed by atoms with E-state index in [2.05, 4.69) is 0 Å². The molecule has 0 aromatic carbocycles. The zero-order valence-corrected chi connectivity index (χ0v) is 6.89. The molecule has 1 N–H and O–H groups in total. The van der Waals surface area contributed by atoms with Crippen LogP contribution in [0, 0.1) is 20.2 Å². The average Bonchev–Trinajstić information content (AvgIpc) is 2.00. The fraction of sp³-hybridized carbons (Fsp3) is 1.00. The highest BCUT2D eigenvalue weighted by Crippen LogP contribution is 2.16. The van der Waals surface area contributed by atoms with Gasteiger partial charge in [-0.15, -0.1) is 11.6 Å². The minimum absolute atomic E-state index is 0.557. The molecule has 0 bridgehead atoms. The van der Waals surface area contributed by atoms with Gasteiger partial charge in [0.25, 0.3) is 0 Å². The molecular weight excluding hydrogens is 192 g/mol. The van der Waals surface area contributed by atoms with Crippen molar-refractivity contribution in [3.63, 3.8) is 0 Å². The van der Waals surface area contributed by atoms with Gasteiger partial charge in [-0.05, 0) is 0 Å². The molecular formula is C4H7ClN2O5. The van der Waals surface area contributed by atoms with Crippen molar-refractivity contribution in [2.75, 3.05) is 5.88 Å². The van der Waals surface area contributed by atoms with E-state index in [1.807, 2.05) is 0 Å². The maximum Gasteiger partial charge on any atom is 0.481 e. The molecule has 0 radical (unpaired) electrons. The van der Waals surface area contributed by atoms with Crippen molar-refractivity contribution >= 4 is 11.6 Å². The molecule has 0 aromatic heterocycles. The van der Waals surface area contributed by atoms with Gasteiger partial charge >= 0.3 is 5.66 Å². The van der Waals surface area contributed by atoms with Crippen LogP contribution in [0.2, 0.25) is 0 Å². The van der Waals surface area contributed by atoms with Crippen molar-refractivity contribution < 1.29 is 15.0 Å². The third-order valence-corrected chi connectivity index (χ3v) is 1.81. The largest absolute Gasteiger partial charge is 0.481 e. The number of aliphatic hydroxyl groups excluding tert-OH is 1. The molecule has 0 saturated carbocycles. The van der Waals surface area contributed by atoms with Gasteiger partial charge in [0.2, 0.25) is 6.10 Å². The molecule has 0 fully saturated rings. The number of hydrogen-bond acceptors (Lipinski definition) is 5. The highest BCUT2D eigenvalue weighted by atomic mass is 35.5. The minimum atomic E-state index is -2.62. The Kier molecular flexibility index (Phi) is 3.35. The summed E-state index contributed by atoms with van der Waals surface area (Å²) in [5.41, 5.74) is -2.62. The van der Waals surface area contributed by atoms with Crippen molar-refractivity contribution in [2.24, 2.45) is 0 Å². The highest BCUT2D eigenvalue weighted by Gasteiger charge is 2.57. The van der Waals surface area contributed by atoms with Crippen LogP contribution in [0.15, 0.2) is 0 Å². The number of hydrogen-bond donors (Lipinski definition) is 1. The van der Waals surface area contributed by atoms with Gasteiger partial charge in [-0.3, -0.25) is 20.2 Å². The lowest BCUT2D eigenvalue weighted by molar-refractivity contribution is -0.800. The number of nitrogens with zero attached hydrogens (tertiary/aromatic N) is 2. The highest BCUT2D eigenvalue weighted by molar-refractivity contribution is 6.18. The van der Waals surface area contributed by atoms with E-state index in [1.54, 1.807) is 0 Å². The first-order chi connectivity index (χ1) is 5.37. The molecule has 0 aromatic rings. The van der Waals surface area contributed by atoms with Gasteiger partial charge in [-0.25, -0.2) is 0 Å². The predicted molar refractivity (Wildman–Crippen MR) is 39.1 cm³/mol. The second-order valence-electron chi connectivity index (χ2n) is 2.28. The van der Waals surface area contributed by atoms with Crippen molar-refractivity contribution in [3.8, 4) is 0 Å². The molecule has 0 spiro atoms. The van der Waals surface area contributed by atoms with E-state index in [0.29, 0.717) is 6.92 Å². The smallest absolute Gasteiger partial charge is 0.378 e. The van der Waals surface area contributed by atoms with E-state index in [0.717, 1.165) is 0 Å².